The van der Waals surface area contributed by atoms with Gasteiger partial charge in [-0.15, -0.1) is 0 Å². The van der Waals surface area contributed by atoms with E-state index in [4.69, 9.17) is 0 Å². The van der Waals surface area contributed by atoms with Crippen LogP contribution in [0.3, 0.4) is 0 Å². The molecular weight excluding hydrogens is 174 g/mol. The molecule has 2 atom stereocenters. The molecule has 0 radical (unpaired) electrons. The normalized spacial score (nSPS) is 29.3. The largest absolute Gasteiger partial charge is 0.319 e. The van der Waals surface area contributed by atoms with Gasteiger partial charge in [0.1, 0.15) is 5.78 Å². The van der Waals surface area contributed by atoms with E-state index in [1.165, 1.54) is 0 Å². The number of ketones is 1. The zero-order chi connectivity index (χ0) is 10.8. The predicted molar refractivity (Wildman–Crippen MR) is 59.2 cm³/mol. The van der Waals surface area contributed by atoms with Crippen LogP contribution >= 0.6 is 0 Å². The minimum Gasteiger partial charge on any atom is -0.319 e. The van der Waals surface area contributed by atoms with Gasteiger partial charge in [0.15, 0.2) is 0 Å². The lowest BCUT2D eigenvalue weighted by atomic mass is 9.66. The van der Waals surface area contributed by atoms with Crippen molar-refractivity contribution in [2.24, 2.45) is 17.3 Å². The van der Waals surface area contributed by atoms with Crippen molar-refractivity contribution < 1.29 is 4.79 Å². The summed E-state index contributed by atoms with van der Waals surface area (Å²) in [6.07, 6.45) is 2.65. The minimum atomic E-state index is 0.336. The maximum atomic E-state index is 11.4. The molecule has 14 heavy (non-hydrogen) atoms. The van der Waals surface area contributed by atoms with Crippen LogP contribution in [0, 0.1) is 17.3 Å². The van der Waals surface area contributed by atoms with Gasteiger partial charge in [0.05, 0.1) is 0 Å². The van der Waals surface area contributed by atoms with Crippen LogP contribution in [-0.2, 0) is 4.79 Å². The number of hydrogen-bond acceptors (Lipinski definition) is 2. The summed E-state index contributed by atoms with van der Waals surface area (Å²) < 4.78 is 0. The van der Waals surface area contributed by atoms with Crippen molar-refractivity contribution in [1.29, 1.82) is 0 Å². The van der Waals surface area contributed by atoms with Gasteiger partial charge in [0, 0.05) is 12.8 Å². The van der Waals surface area contributed by atoms with Crippen LogP contribution in [0.5, 0.6) is 0 Å². The van der Waals surface area contributed by atoms with Crippen LogP contribution in [0.15, 0.2) is 0 Å². The average Bonchev–Trinajstić information content (AvgIpc) is 2.02. The Morgan fingerprint density at radius 1 is 1.43 bits per heavy atom. The third-order valence-electron chi connectivity index (χ3n) is 3.37. The molecule has 82 valence electrons. The van der Waals surface area contributed by atoms with E-state index >= 15 is 0 Å². The highest BCUT2D eigenvalue weighted by Crippen LogP contribution is 2.40. The summed E-state index contributed by atoms with van der Waals surface area (Å²) in [5, 5.41) is 3.21. The quantitative estimate of drug-likeness (QED) is 0.735. The number of hydrogen-bond donors (Lipinski definition) is 1. The molecule has 0 saturated heterocycles. The maximum absolute atomic E-state index is 11.4. The van der Waals surface area contributed by atoms with Crippen molar-refractivity contribution in [2.75, 3.05) is 13.6 Å². The first-order valence-corrected chi connectivity index (χ1v) is 5.61. The van der Waals surface area contributed by atoms with Crippen molar-refractivity contribution >= 4 is 5.78 Å². The van der Waals surface area contributed by atoms with E-state index in [2.05, 4.69) is 26.1 Å². The fraction of sp³-hybridized carbons (Fsp3) is 0.917. The lowest BCUT2D eigenvalue weighted by Gasteiger charge is -2.40. The lowest BCUT2D eigenvalue weighted by Crippen LogP contribution is -2.38. The third-order valence-corrected chi connectivity index (χ3v) is 3.37. The van der Waals surface area contributed by atoms with E-state index in [1.807, 2.05) is 7.05 Å². The van der Waals surface area contributed by atoms with Gasteiger partial charge in [-0.1, -0.05) is 20.8 Å². The van der Waals surface area contributed by atoms with Crippen LogP contribution in [0.1, 0.15) is 40.0 Å². The minimum absolute atomic E-state index is 0.336. The smallest absolute Gasteiger partial charge is 0.133 e. The second kappa shape index (κ2) is 4.43. The highest BCUT2D eigenvalue weighted by Gasteiger charge is 2.36. The number of Topliss-reactive ketones (excluding diaryl/α,β-unsaturated/α-hetero) is 1. The standard InChI is InChI=1S/C12H23NO/c1-12(2,3)11-6-5-10(14)7-9(11)8-13-4/h9,11,13H,5-8H2,1-4H3. The van der Waals surface area contributed by atoms with E-state index in [0.717, 1.165) is 25.8 Å². The fourth-order valence-corrected chi connectivity index (χ4v) is 2.71. The Bertz CT molecular complexity index is 205. The fourth-order valence-electron chi connectivity index (χ4n) is 2.71. The van der Waals surface area contributed by atoms with Gasteiger partial charge in [-0.05, 0) is 37.3 Å². The van der Waals surface area contributed by atoms with Crippen molar-refractivity contribution in [1.82, 2.24) is 5.32 Å². The topological polar surface area (TPSA) is 29.1 Å². The monoisotopic (exact) mass is 197 g/mol. The second-order valence-electron chi connectivity index (χ2n) is 5.57. The maximum Gasteiger partial charge on any atom is 0.133 e. The van der Waals surface area contributed by atoms with E-state index in [1.54, 1.807) is 0 Å². The van der Waals surface area contributed by atoms with E-state index in [-0.39, 0.29) is 0 Å². The molecule has 1 aliphatic carbocycles. The SMILES string of the molecule is CNCC1CC(=O)CCC1C(C)(C)C. The number of rotatable bonds is 2. The molecule has 0 aliphatic heterocycles. The summed E-state index contributed by atoms with van der Waals surface area (Å²) in [4.78, 5) is 11.4. The predicted octanol–water partition coefficient (Wildman–Crippen LogP) is 2.24. The first-order chi connectivity index (χ1) is 6.45. The Morgan fingerprint density at radius 2 is 2.07 bits per heavy atom. The summed E-state index contributed by atoms with van der Waals surface area (Å²) in [6.45, 7) is 7.84. The van der Waals surface area contributed by atoms with Crippen LogP contribution in [-0.4, -0.2) is 19.4 Å². The van der Waals surface area contributed by atoms with Gasteiger partial charge >= 0.3 is 0 Å². The molecule has 2 nitrogen and oxygen atoms in total. The first kappa shape index (κ1) is 11.7. The number of carbonyl (C=O) groups is 1. The van der Waals surface area contributed by atoms with Crippen molar-refractivity contribution in [3.8, 4) is 0 Å². The molecule has 1 N–H and O–H groups in total. The zero-order valence-corrected chi connectivity index (χ0v) is 9.89. The Balaban J connectivity index is 2.67. The molecule has 1 aliphatic rings. The van der Waals surface area contributed by atoms with E-state index in [9.17, 15) is 4.79 Å². The molecule has 0 spiro atoms. The van der Waals surface area contributed by atoms with Crippen LogP contribution in [0.25, 0.3) is 0 Å². The number of carbonyl (C=O) groups excluding carboxylic acids is 1. The van der Waals surface area contributed by atoms with Gasteiger partial charge < -0.3 is 5.32 Å². The van der Waals surface area contributed by atoms with Crippen molar-refractivity contribution in [3.63, 3.8) is 0 Å². The van der Waals surface area contributed by atoms with Gasteiger partial charge in [0.25, 0.3) is 0 Å². The molecule has 0 aromatic rings. The van der Waals surface area contributed by atoms with Gasteiger partial charge in [-0.3, -0.25) is 4.79 Å². The lowest BCUT2D eigenvalue weighted by molar-refractivity contribution is -0.123. The third kappa shape index (κ3) is 2.81. The second-order valence-corrected chi connectivity index (χ2v) is 5.57. The molecule has 0 heterocycles. The van der Waals surface area contributed by atoms with Crippen molar-refractivity contribution in [3.05, 3.63) is 0 Å². The molecule has 1 rings (SSSR count). The summed E-state index contributed by atoms with van der Waals surface area (Å²) in [5.74, 6) is 1.68. The summed E-state index contributed by atoms with van der Waals surface area (Å²) >= 11 is 0. The molecule has 0 aromatic heterocycles. The Morgan fingerprint density at radius 3 is 2.57 bits per heavy atom. The molecule has 2 unspecified atom stereocenters. The molecule has 0 amide bonds. The number of nitrogens with one attached hydrogen (secondary N) is 1. The van der Waals surface area contributed by atoms with Crippen LogP contribution in [0.2, 0.25) is 0 Å². The Kier molecular flexibility index (Phi) is 3.71. The van der Waals surface area contributed by atoms with Gasteiger partial charge in [-0.2, -0.15) is 0 Å². The summed E-state index contributed by atoms with van der Waals surface area (Å²) in [5.41, 5.74) is 0.336. The average molecular weight is 197 g/mol. The molecule has 0 aromatic carbocycles. The van der Waals surface area contributed by atoms with Crippen LogP contribution in [0.4, 0.5) is 0 Å². The van der Waals surface area contributed by atoms with Gasteiger partial charge in [-0.25, -0.2) is 0 Å². The molecule has 1 fully saturated rings. The van der Waals surface area contributed by atoms with Crippen LogP contribution < -0.4 is 5.32 Å². The van der Waals surface area contributed by atoms with Crippen molar-refractivity contribution in [2.45, 2.75) is 40.0 Å². The van der Waals surface area contributed by atoms with E-state index in [0.29, 0.717) is 23.0 Å². The molecule has 1 saturated carbocycles. The van der Waals surface area contributed by atoms with E-state index < -0.39 is 0 Å². The van der Waals surface area contributed by atoms with Gasteiger partial charge in [0.2, 0.25) is 0 Å². The molecule has 0 bridgehead atoms. The first-order valence-electron chi connectivity index (χ1n) is 5.61. The highest BCUT2D eigenvalue weighted by molar-refractivity contribution is 5.79. The highest BCUT2D eigenvalue weighted by atomic mass is 16.1. The Labute approximate surface area is 87.5 Å². The Hall–Kier alpha value is -0.370. The summed E-state index contributed by atoms with van der Waals surface area (Å²) in [7, 11) is 1.97. The summed E-state index contributed by atoms with van der Waals surface area (Å²) in [6, 6.07) is 0. The zero-order valence-electron chi connectivity index (χ0n) is 9.89. The molecule has 2 heteroatoms. The molecular formula is C12H23NO.